The minimum Gasteiger partial charge on any atom is -0.373 e. The standard InChI is InChI=1S/C11H22N2O/c1-8-4-12-5-11(8)13-6-9(2)14-10(3)7-13/h8-12H,4-7H2,1-3H3/t8?,9-,10+,11?. The molecule has 0 aromatic rings. The lowest BCUT2D eigenvalue weighted by Crippen LogP contribution is -2.52. The molecule has 0 aliphatic carbocycles. The molecule has 0 spiro atoms. The number of nitrogens with zero attached hydrogens (tertiary/aromatic N) is 1. The van der Waals surface area contributed by atoms with Crippen molar-refractivity contribution >= 4 is 0 Å². The number of rotatable bonds is 1. The van der Waals surface area contributed by atoms with Crippen LogP contribution in [-0.2, 0) is 4.74 Å². The summed E-state index contributed by atoms with van der Waals surface area (Å²) >= 11 is 0. The van der Waals surface area contributed by atoms with Gasteiger partial charge in [0.15, 0.2) is 0 Å². The fourth-order valence-electron chi connectivity index (χ4n) is 2.77. The first kappa shape index (κ1) is 10.4. The minimum absolute atomic E-state index is 0.395. The maximum Gasteiger partial charge on any atom is 0.0678 e. The van der Waals surface area contributed by atoms with Gasteiger partial charge in [-0.25, -0.2) is 0 Å². The van der Waals surface area contributed by atoms with Crippen molar-refractivity contribution in [3.8, 4) is 0 Å². The Balaban J connectivity index is 1.95. The van der Waals surface area contributed by atoms with Gasteiger partial charge < -0.3 is 10.1 Å². The summed E-state index contributed by atoms with van der Waals surface area (Å²) in [7, 11) is 0. The van der Waals surface area contributed by atoms with Crippen LogP contribution < -0.4 is 5.32 Å². The maximum atomic E-state index is 5.75. The van der Waals surface area contributed by atoms with Crippen LogP contribution in [0.3, 0.4) is 0 Å². The Hall–Kier alpha value is -0.120. The number of morpholine rings is 1. The van der Waals surface area contributed by atoms with Gasteiger partial charge in [-0.15, -0.1) is 0 Å². The largest absolute Gasteiger partial charge is 0.373 e. The Morgan fingerprint density at radius 1 is 1.07 bits per heavy atom. The minimum atomic E-state index is 0.395. The molecule has 1 N–H and O–H groups in total. The highest BCUT2D eigenvalue weighted by Crippen LogP contribution is 2.20. The second-order valence-corrected chi connectivity index (χ2v) is 4.91. The lowest BCUT2D eigenvalue weighted by Gasteiger charge is -2.40. The van der Waals surface area contributed by atoms with Crippen molar-refractivity contribution in [2.75, 3.05) is 26.2 Å². The summed E-state index contributed by atoms with van der Waals surface area (Å²) in [6.45, 7) is 11.2. The highest BCUT2D eigenvalue weighted by Gasteiger charge is 2.33. The number of ether oxygens (including phenoxy) is 1. The van der Waals surface area contributed by atoms with Crippen LogP contribution in [0.4, 0.5) is 0 Å². The van der Waals surface area contributed by atoms with Crippen LogP contribution in [-0.4, -0.2) is 49.3 Å². The Morgan fingerprint density at radius 3 is 2.21 bits per heavy atom. The van der Waals surface area contributed by atoms with Crippen molar-refractivity contribution in [1.29, 1.82) is 0 Å². The van der Waals surface area contributed by atoms with Gasteiger partial charge in [0.2, 0.25) is 0 Å². The topological polar surface area (TPSA) is 24.5 Å². The Kier molecular flexibility index (Phi) is 3.10. The van der Waals surface area contributed by atoms with E-state index in [9.17, 15) is 0 Å². The van der Waals surface area contributed by atoms with E-state index in [0.717, 1.165) is 31.6 Å². The van der Waals surface area contributed by atoms with Crippen molar-refractivity contribution in [2.24, 2.45) is 5.92 Å². The van der Waals surface area contributed by atoms with Crippen LogP contribution in [0.25, 0.3) is 0 Å². The van der Waals surface area contributed by atoms with E-state index < -0.39 is 0 Å². The van der Waals surface area contributed by atoms with Gasteiger partial charge >= 0.3 is 0 Å². The highest BCUT2D eigenvalue weighted by molar-refractivity contribution is 4.89. The monoisotopic (exact) mass is 198 g/mol. The van der Waals surface area contributed by atoms with Crippen LogP contribution in [0.1, 0.15) is 20.8 Å². The molecule has 2 fully saturated rings. The molecule has 0 aromatic carbocycles. The fraction of sp³-hybridized carbons (Fsp3) is 1.00. The van der Waals surface area contributed by atoms with Crippen molar-refractivity contribution < 1.29 is 4.74 Å². The molecule has 2 heterocycles. The molecule has 0 radical (unpaired) electrons. The molecule has 0 aromatic heterocycles. The van der Waals surface area contributed by atoms with Gasteiger partial charge in [-0.1, -0.05) is 6.92 Å². The second-order valence-electron chi connectivity index (χ2n) is 4.91. The predicted molar refractivity (Wildman–Crippen MR) is 57.4 cm³/mol. The SMILES string of the molecule is CC1CNCC1N1C[C@@H](C)O[C@@H](C)C1. The summed E-state index contributed by atoms with van der Waals surface area (Å²) in [5.74, 6) is 0.785. The van der Waals surface area contributed by atoms with Gasteiger partial charge in [0.1, 0.15) is 0 Å². The number of hydrogen-bond donors (Lipinski definition) is 1. The fourth-order valence-corrected chi connectivity index (χ4v) is 2.77. The van der Waals surface area contributed by atoms with Crippen LogP contribution in [0.5, 0.6) is 0 Å². The smallest absolute Gasteiger partial charge is 0.0678 e. The molecule has 0 saturated carbocycles. The van der Waals surface area contributed by atoms with Gasteiger partial charge in [-0.2, -0.15) is 0 Å². The first-order valence-corrected chi connectivity index (χ1v) is 5.77. The molecule has 2 aliphatic heterocycles. The van der Waals surface area contributed by atoms with E-state index in [1.54, 1.807) is 0 Å². The summed E-state index contributed by atoms with van der Waals surface area (Å²) in [5, 5.41) is 3.47. The molecule has 14 heavy (non-hydrogen) atoms. The van der Waals surface area contributed by atoms with Crippen molar-refractivity contribution in [1.82, 2.24) is 10.2 Å². The molecule has 2 unspecified atom stereocenters. The summed E-state index contributed by atoms with van der Waals surface area (Å²) in [5.41, 5.74) is 0. The molecule has 2 aliphatic rings. The van der Waals surface area contributed by atoms with Crippen LogP contribution in [0, 0.1) is 5.92 Å². The van der Waals surface area contributed by atoms with E-state index in [2.05, 4.69) is 31.0 Å². The molecule has 3 heteroatoms. The maximum absolute atomic E-state index is 5.75. The van der Waals surface area contributed by atoms with E-state index in [1.807, 2.05) is 0 Å². The molecule has 82 valence electrons. The quantitative estimate of drug-likeness (QED) is 0.671. The lowest BCUT2D eigenvalue weighted by molar-refractivity contribution is -0.0818. The molecular weight excluding hydrogens is 176 g/mol. The highest BCUT2D eigenvalue weighted by atomic mass is 16.5. The average molecular weight is 198 g/mol. The van der Waals surface area contributed by atoms with Gasteiger partial charge in [0.05, 0.1) is 12.2 Å². The van der Waals surface area contributed by atoms with Crippen LogP contribution in [0.2, 0.25) is 0 Å². The van der Waals surface area contributed by atoms with E-state index >= 15 is 0 Å². The van der Waals surface area contributed by atoms with Crippen molar-refractivity contribution in [2.45, 2.75) is 39.0 Å². The Bertz CT molecular complexity index is 188. The second kappa shape index (κ2) is 4.17. The van der Waals surface area contributed by atoms with Gasteiger partial charge in [-0.05, 0) is 26.3 Å². The van der Waals surface area contributed by atoms with Gasteiger partial charge in [-0.3, -0.25) is 4.90 Å². The third kappa shape index (κ3) is 2.10. The normalized spacial score (nSPS) is 45.6. The number of hydrogen-bond acceptors (Lipinski definition) is 3. The first-order chi connectivity index (χ1) is 6.66. The molecule has 3 nitrogen and oxygen atoms in total. The molecule has 4 atom stereocenters. The van der Waals surface area contributed by atoms with E-state index in [1.165, 1.54) is 6.54 Å². The van der Waals surface area contributed by atoms with Crippen LogP contribution in [0.15, 0.2) is 0 Å². The zero-order chi connectivity index (χ0) is 10.1. The van der Waals surface area contributed by atoms with E-state index in [4.69, 9.17) is 4.74 Å². The molecule has 2 saturated heterocycles. The zero-order valence-corrected chi connectivity index (χ0v) is 9.49. The summed E-state index contributed by atoms with van der Waals surface area (Å²) in [4.78, 5) is 2.60. The summed E-state index contributed by atoms with van der Waals surface area (Å²) < 4.78 is 5.75. The summed E-state index contributed by atoms with van der Waals surface area (Å²) in [6, 6.07) is 0.726. The van der Waals surface area contributed by atoms with Crippen LogP contribution >= 0.6 is 0 Å². The molecule has 0 amide bonds. The first-order valence-electron chi connectivity index (χ1n) is 5.77. The number of nitrogens with one attached hydrogen (secondary N) is 1. The van der Waals surface area contributed by atoms with Gasteiger partial charge in [0.25, 0.3) is 0 Å². The molecule has 2 rings (SSSR count). The third-order valence-corrected chi connectivity index (χ3v) is 3.39. The summed E-state index contributed by atoms with van der Waals surface area (Å²) in [6.07, 6.45) is 0.790. The Morgan fingerprint density at radius 2 is 1.71 bits per heavy atom. The predicted octanol–water partition coefficient (Wildman–Crippen LogP) is 0.703. The molecule has 0 bridgehead atoms. The third-order valence-electron chi connectivity index (χ3n) is 3.39. The average Bonchev–Trinajstić information content (AvgIpc) is 2.49. The van der Waals surface area contributed by atoms with Crippen molar-refractivity contribution in [3.05, 3.63) is 0 Å². The lowest BCUT2D eigenvalue weighted by atomic mass is 10.0. The Labute approximate surface area is 86.8 Å². The van der Waals surface area contributed by atoms with E-state index in [0.29, 0.717) is 12.2 Å². The zero-order valence-electron chi connectivity index (χ0n) is 9.49. The van der Waals surface area contributed by atoms with Gasteiger partial charge in [0, 0.05) is 25.7 Å². The van der Waals surface area contributed by atoms with Crippen molar-refractivity contribution in [3.63, 3.8) is 0 Å². The molecular formula is C11H22N2O. The van der Waals surface area contributed by atoms with E-state index in [-0.39, 0.29) is 0 Å².